The summed E-state index contributed by atoms with van der Waals surface area (Å²) in [5, 5.41) is 9.82. The summed E-state index contributed by atoms with van der Waals surface area (Å²) in [6.07, 6.45) is 1.87. The minimum absolute atomic E-state index is 0.0472. The van der Waals surface area contributed by atoms with Crippen molar-refractivity contribution in [2.75, 3.05) is 11.9 Å². The van der Waals surface area contributed by atoms with Crippen LogP contribution in [-0.4, -0.2) is 32.9 Å². The largest absolute Gasteiger partial charge is 0.370 e. The van der Waals surface area contributed by atoms with E-state index in [1.807, 2.05) is 0 Å². The summed E-state index contributed by atoms with van der Waals surface area (Å²) in [4.78, 5) is 16.6. The molecule has 1 aromatic heterocycles. The number of halogens is 2. The molecule has 0 radical (unpaired) electrons. The van der Waals surface area contributed by atoms with Crippen molar-refractivity contribution in [3.8, 4) is 0 Å². The van der Waals surface area contributed by atoms with Crippen molar-refractivity contribution in [2.45, 2.75) is 36.3 Å². The summed E-state index contributed by atoms with van der Waals surface area (Å²) in [6.45, 7) is 2.46. The number of rotatable bonds is 5. The van der Waals surface area contributed by atoms with E-state index in [1.54, 1.807) is 6.92 Å². The molecule has 2 heterocycles. The van der Waals surface area contributed by atoms with E-state index in [0.717, 1.165) is 25.5 Å². The number of H-pyrrole nitrogens is 1. The summed E-state index contributed by atoms with van der Waals surface area (Å²) >= 11 is 7.13. The van der Waals surface area contributed by atoms with Gasteiger partial charge in [0, 0.05) is 6.61 Å². The topological polar surface area (TPSA) is 79.9 Å². The van der Waals surface area contributed by atoms with Crippen LogP contribution in [0, 0.1) is 5.82 Å². The van der Waals surface area contributed by atoms with Crippen LogP contribution in [0.15, 0.2) is 23.4 Å². The van der Waals surface area contributed by atoms with E-state index < -0.39 is 11.1 Å². The number of benzene rings is 1. The Balaban J connectivity index is 1.59. The number of nitrogens with zero attached hydrogens (tertiary/aromatic N) is 2. The van der Waals surface area contributed by atoms with Gasteiger partial charge in [-0.15, -0.1) is 5.10 Å². The lowest BCUT2D eigenvalue weighted by Crippen LogP contribution is -2.22. The van der Waals surface area contributed by atoms with Gasteiger partial charge in [0.25, 0.3) is 0 Å². The summed E-state index contributed by atoms with van der Waals surface area (Å²) in [5.74, 6) is -0.0380. The molecule has 0 aliphatic carbocycles. The maximum Gasteiger partial charge on any atom is 0.237 e. The zero-order chi connectivity index (χ0) is 17.1. The minimum Gasteiger partial charge on any atom is -0.370 e. The number of carbonyl (C=O) groups is 1. The standard InChI is InChI=1S/C15H16ClFN4O2S/c1-8(14(22)18-11-5-4-9(17)7-10(11)16)24-15-19-13(20-21-15)12-3-2-6-23-12/h4-5,7-8,12H,2-3,6H2,1H3,(H,18,22)(H,19,20,21)/t8-,12+/m0/s1. The number of aromatic nitrogens is 3. The van der Waals surface area contributed by atoms with Crippen LogP contribution >= 0.6 is 23.4 Å². The third-order valence-electron chi connectivity index (χ3n) is 3.56. The molecule has 2 aromatic rings. The molecular weight excluding hydrogens is 355 g/mol. The Morgan fingerprint density at radius 2 is 2.42 bits per heavy atom. The highest BCUT2D eigenvalue weighted by Crippen LogP contribution is 2.29. The Bertz CT molecular complexity index is 736. The number of nitrogens with one attached hydrogen (secondary N) is 2. The highest BCUT2D eigenvalue weighted by Gasteiger charge is 2.23. The van der Waals surface area contributed by atoms with Crippen molar-refractivity contribution < 1.29 is 13.9 Å². The molecule has 2 N–H and O–H groups in total. The van der Waals surface area contributed by atoms with Crippen LogP contribution in [0.2, 0.25) is 5.02 Å². The molecule has 3 rings (SSSR count). The third kappa shape index (κ3) is 4.06. The van der Waals surface area contributed by atoms with Crippen LogP contribution in [0.1, 0.15) is 31.7 Å². The predicted molar refractivity (Wildman–Crippen MR) is 89.7 cm³/mol. The average Bonchev–Trinajstić information content (AvgIpc) is 3.20. The van der Waals surface area contributed by atoms with Crippen molar-refractivity contribution in [3.05, 3.63) is 34.9 Å². The number of thioether (sulfide) groups is 1. The first-order valence-electron chi connectivity index (χ1n) is 7.49. The van der Waals surface area contributed by atoms with Gasteiger partial charge in [0.1, 0.15) is 11.9 Å². The Labute approximate surface area is 147 Å². The Morgan fingerprint density at radius 1 is 1.58 bits per heavy atom. The molecule has 1 fully saturated rings. The van der Waals surface area contributed by atoms with Gasteiger partial charge >= 0.3 is 0 Å². The maximum atomic E-state index is 13.0. The van der Waals surface area contributed by atoms with Gasteiger partial charge in [0.2, 0.25) is 11.1 Å². The molecule has 2 atom stereocenters. The smallest absolute Gasteiger partial charge is 0.237 e. The lowest BCUT2D eigenvalue weighted by atomic mass is 10.2. The minimum atomic E-state index is -0.456. The fraction of sp³-hybridized carbons (Fsp3) is 0.400. The van der Waals surface area contributed by atoms with Gasteiger partial charge in [-0.05, 0) is 38.0 Å². The number of hydrogen-bond donors (Lipinski definition) is 2. The summed E-state index contributed by atoms with van der Waals surface area (Å²) in [7, 11) is 0. The molecule has 0 saturated carbocycles. The molecule has 6 nitrogen and oxygen atoms in total. The second-order valence-electron chi connectivity index (χ2n) is 5.38. The number of aromatic amines is 1. The van der Waals surface area contributed by atoms with Gasteiger partial charge in [-0.1, -0.05) is 23.4 Å². The summed E-state index contributed by atoms with van der Waals surface area (Å²) < 4.78 is 18.6. The number of hydrogen-bond acceptors (Lipinski definition) is 5. The fourth-order valence-electron chi connectivity index (χ4n) is 2.28. The molecule has 1 aliphatic rings. The number of amides is 1. The quantitative estimate of drug-likeness (QED) is 0.786. The first kappa shape index (κ1) is 17.2. The maximum absolute atomic E-state index is 13.0. The van der Waals surface area contributed by atoms with Crippen LogP contribution in [0.25, 0.3) is 0 Å². The molecule has 9 heteroatoms. The first-order chi connectivity index (χ1) is 11.5. The molecule has 0 spiro atoms. The molecule has 1 aliphatic heterocycles. The predicted octanol–water partition coefficient (Wildman–Crippen LogP) is 3.57. The van der Waals surface area contributed by atoms with E-state index >= 15 is 0 Å². The normalized spacial score (nSPS) is 18.5. The first-order valence-corrected chi connectivity index (χ1v) is 8.75. The number of anilines is 1. The molecule has 24 heavy (non-hydrogen) atoms. The second kappa shape index (κ2) is 7.50. The van der Waals surface area contributed by atoms with Crippen molar-refractivity contribution in [1.82, 2.24) is 15.2 Å². The summed E-state index contributed by atoms with van der Waals surface area (Å²) in [6, 6.07) is 3.82. The molecule has 128 valence electrons. The van der Waals surface area contributed by atoms with E-state index in [0.29, 0.717) is 16.7 Å². The highest BCUT2D eigenvalue weighted by molar-refractivity contribution is 8.00. The van der Waals surface area contributed by atoms with E-state index in [4.69, 9.17) is 16.3 Å². The lowest BCUT2D eigenvalue weighted by Gasteiger charge is -2.11. The van der Waals surface area contributed by atoms with Crippen molar-refractivity contribution in [2.24, 2.45) is 0 Å². The molecule has 1 aromatic carbocycles. The highest BCUT2D eigenvalue weighted by atomic mass is 35.5. The van der Waals surface area contributed by atoms with E-state index in [9.17, 15) is 9.18 Å². The van der Waals surface area contributed by atoms with Crippen LogP contribution in [0.5, 0.6) is 0 Å². The zero-order valence-corrected chi connectivity index (χ0v) is 14.5. The SMILES string of the molecule is C[C@H](Sc1n[nH]c([C@H]2CCCO2)n1)C(=O)Nc1ccc(F)cc1Cl. The molecule has 0 bridgehead atoms. The zero-order valence-electron chi connectivity index (χ0n) is 12.9. The van der Waals surface area contributed by atoms with E-state index in [2.05, 4.69) is 20.5 Å². The van der Waals surface area contributed by atoms with E-state index in [1.165, 1.54) is 23.9 Å². The van der Waals surface area contributed by atoms with Crippen LogP contribution < -0.4 is 5.32 Å². The second-order valence-corrected chi connectivity index (χ2v) is 7.09. The van der Waals surface area contributed by atoms with Gasteiger partial charge in [0.05, 0.1) is 16.0 Å². The van der Waals surface area contributed by atoms with Crippen LogP contribution in [0.4, 0.5) is 10.1 Å². The van der Waals surface area contributed by atoms with Gasteiger partial charge in [-0.3, -0.25) is 9.89 Å². The van der Waals surface area contributed by atoms with Crippen molar-refractivity contribution >= 4 is 35.0 Å². The Morgan fingerprint density at radius 3 is 3.12 bits per heavy atom. The number of carbonyl (C=O) groups excluding carboxylic acids is 1. The molecule has 1 saturated heterocycles. The molecular formula is C15H16ClFN4O2S. The lowest BCUT2D eigenvalue weighted by molar-refractivity contribution is -0.115. The van der Waals surface area contributed by atoms with Gasteiger partial charge in [-0.25, -0.2) is 9.37 Å². The average molecular weight is 371 g/mol. The van der Waals surface area contributed by atoms with Gasteiger partial charge in [-0.2, -0.15) is 0 Å². The Hall–Kier alpha value is -1.64. The van der Waals surface area contributed by atoms with Crippen LogP contribution in [-0.2, 0) is 9.53 Å². The van der Waals surface area contributed by atoms with Crippen molar-refractivity contribution in [1.29, 1.82) is 0 Å². The monoisotopic (exact) mass is 370 g/mol. The van der Waals surface area contributed by atoms with Crippen LogP contribution in [0.3, 0.4) is 0 Å². The molecule has 0 unspecified atom stereocenters. The number of ether oxygens (including phenoxy) is 1. The van der Waals surface area contributed by atoms with Gasteiger partial charge < -0.3 is 10.1 Å². The van der Waals surface area contributed by atoms with E-state index in [-0.39, 0.29) is 17.0 Å². The molecule has 1 amide bonds. The summed E-state index contributed by atoms with van der Waals surface area (Å²) in [5.41, 5.74) is 0.366. The van der Waals surface area contributed by atoms with Crippen molar-refractivity contribution in [3.63, 3.8) is 0 Å². The third-order valence-corrected chi connectivity index (χ3v) is 4.83. The Kier molecular flexibility index (Phi) is 5.37. The van der Waals surface area contributed by atoms with Gasteiger partial charge in [0.15, 0.2) is 5.82 Å². The fourth-order valence-corrected chi connectivity index (χ4v) is 3.23.